The van der Waals surface area contributed by atoms with Gasteiger partial charge in [-0.05, 0) is 55.5 Å². The van der Waals surface area contributed by atoms with Gasteiger partial charge in [-0.1, -0.05) is 11.6 Å². The maximum absolute atomic E-state index is 12.6. The van der Waals surface area contributed by atoms with E-state index in [4.69, 9.17) is 23.8 Å². The number of hydrogen-bond donors (Lipinski definition) is 2. The Morgan fingerprint density at radius 2 is 1.97 bits per heavy atom. The number of nitrogens with zero attached hydrogens (tertiary/aromatic N) is 3. The summed E-state index contributed by atoms with van der Waals surface area (Å²) in [7, 11) is 0. The van der Waals surface area contributed by atoms with E-state index >= 15 is 0 Å². The highest BCUT2D eigenvalue weighted by atomic mass is 35.5. The van der Waals surface area contributed by atoms with Gasteiger partial charge in [0.15, 0.2) is 4.77 Å². The summed E-state index contributed by atoms with van der Waals surface area (Å²) in [6.07, 6.45) is 1.45. The van der Waals surface area contributed by atoms with Crippen LogP contribution in [0.1, 0.15) is 18.1 Å². The van der Waals surface area contributed by atoms with Crippen molar-refractivity contribution in [3.05, 3.63) is 83.9 Å². The molecular weight excluding hydrogens is 428 g/mol. The zero-order valence-corrected chi connectivity index (χ0v) is 17.0. The molecule has 8 nitrogen and oxygen atoms in total. The molecule has 2 heterocycles. The van der Waals surface area contributed by atoms with Crippen molar-refractivity contribution in [2.24, 2.45) is 4.99 Å². The zero-order chi connectivity index (χ0) is 21.6. The third-order valence-corrected chi connectivity index (χ3v) is 5.19. The molecule has 0 spiro atoms. The molecule has 0 saturated carbocycles. The molecule has 1 aliphatic heterocycles. The van der Waals surface area contributed by atoms with Crippen LogP contribution in [0, 0.1) is 14.9 Å². The number of nitrogens with one attached hydrogen (secondary N) is 1. The summed E-state index contributed by atoms with van der Waals surface area (Å²) in [5.41, 5.74) is 1.86. The lowest BCUT2D eigenvalue weighted by Crippen LogP contribution is -2.16. The lowest BCUT2D eigenvalue weighted by Gasteiger charge is -2.12. The van der Waals surface area contributed by atoms with Gasteiger partial charge < -0.3 is 5.11 Å². The SMILES string of the molecule is CC1=Nc2ccc([N+](=O)[O-])cc2/C1=C/c1c(O)n(-c2ccc(Cl)cc2)c(=S)[nH]c1=O. The number of allylic oxidation sites excluding steroid dienone is 1. The van der Waals surface area contributed by atoms with Crippen LogP contribution >= 0.6 is 23.8 Å². The summed E-state index contributed by atoms with van der Waals surface area (Å²) in [5.74, 6) is -0.370. The number of non-ortho nitro benzene ring substituents is 1. The van der Waals surface area contributed by atoms with E-state index in [2.05, 4.69) is 9.98 Å². The van der Waals surface area contributed by atoms with Crippen LogP contribution in [0.4, 0.5) is 11.4 Å². The summed E-state index contributed by atoms with van der Waals surface area (Å²) in [6.45, 7) is 1.72. The number of aromatic amines is 1. The highest BCUT2D eigenvalue weighted by Gasteiger charge is 2.23. The van der Waals surface area contributed by atoms with Gasteiger partial charge in [-0.15, -0.1) is 0 Å². The second kappa shape index (κ2) is 7.36. The van der Waals surface area contributed by atoms with Crippen molar-refractivity contribution in [2.45, 2.75) is 6.92 Å². The first-order valence-corrected chi connectivity index (χ1v) is 9.45. The molecule has 0 aliphatic carbocycles. The van der Waals surface area contributed by atoms with Crippen molar-refractivity contribution in [1.29, 1.82) is 0 Å². The Kier molecular flexibility index (Phi) is 4.84. The van der Waals surface area contributed by atoms with Gasteiger partial charge in [0.1, 0.15) is 5.56 Å². The van der Waals surface area contributed by atoms with Crippen LogP contribution in [0.2, 0.25) is 5.02 Å². The summed E-state index contributed by atoms with van der Waals surface area (Å²) in [4.78, 5) is 30.1. The first-order valence-electron chi connectivity index (χ1n) is 8.66. The molecule has 0 atom stereocenters. The number of aliphatic imine (C=N–C) groups is 1. The van der Waals surface area contributed by atoms with Crippen molar-refractivity contribution in [2.75, 3.05) is 0 Å². The minimum absolute atomic E-state index is 0.00909. The minimum Gasteiger partial charge on any atom is -0.494 e. The zero-order valence-electron chi connectivity index (χ0n) is 15.4. The lowest BCUT2D eigenvalue weighted by molar-refractivity contribution is -0.384. The predicted molar refractivity (Wildman–Crippen MR) is 118 cm³/mol. The normalized spacial score (nSPS) is 13.9. The Labute approximate surface area is 179 Å². The van der Waals surface area contributed by atoms with Crippen molar-refractivity contribution >= 4 is 52.6 Å². The number of nitro benzene ring substituents is 1. The van der Waals surface area contributed by atoms with E-state index < -0.39 is 10.5 Å². The average Bonchev–Trinajstić information content (AvgIpc) is 3.00. The van der Waals surface area contributed by atoms with Crippen molar-refractivity contribution in [3.63, 3.8) is 0 Å². The number of fused-ring (bicyclic) bond motifs is 1. The Morgan fingerprint density at radius 3 is 2.63 bits per heavy atom. The van der Waals surface area contributed by atoms with Crippen LogP contribution in [-0.4, -0.2) is 25.3 Å². The van der Waals surface area contributed by atoms with Gasteiger partial charge in [-0.2, -0.15) is 0 Å². The molecule has 0 amide bonds. The molecule has 0 bridgehead atoms. The Bertz CT molecular complexity index is 1390. The number of aromatic nitrogens is 2. The van der Waals surface area contributed by atoms with Crippen molar-refractivity contribution in [3.8, 4) is 11.6 Å². The standard InChI is InChI=1S/C20H13ClN4O4S/c1-10-14(15-8-13(25(28)29)6-7-17(15)22-10)9-16-18(26)23-20(30)24(19(16)27)12-4-2-11(21)3-5-12/h2-9,27H,1H3,(H,23,26,30)/b14-9+. The molecule has 0 fully saturated rings. The molecule has 4 rings (SSSR count). The fraction of sp³-hybridized carbons (Fsp3) is 0.0500. The molecule has 1 aromatic heterocycles. The number of hydrogen-bond acceptors (Lipinski definition) is 6. The van der Waals surface area contributed by atoms with Gasteiger partial charge in [0.2, 0.25) is 5.88 Å². The summed E-state index contributed by atoms with van der Waals surface area (Å²) in [5, 5.41) is 22.5. The van der Waals surface area contributed by atoms with Gasteiger partial charge in [-0.3, -0.25) is 29.5 Å². The fourth-order valence-corrected chi connectivity index (χ4v) is 3.62. The fourth-order valence-electron chi connectivity index (χ4n) is 3.21. The van der Waals surface area contributed by atoms with Gasteiger partial charge in [0, 0.05) is 34.0 Å². The Morgan fingerprint density at radius 1 is 1.27 bits per heavy atom. The highest BCUT2D eigenvalue weighted by Crippen LogP contribution is 2.38. The predicted octanol–water partition coefficient (Wildman–Crippen LogP) is 4.81. The van der Waals surface area contributed by atoms with Gasteiger partial charge >= 0.3 is 0 Å². The van der Waals surface area contributed by atoms with Gasteiger partial charge in [-0.25, -0.2) is 0 Å². The van der Waals surface area contributed by atoms with Gasteiger partial charge in [0.05, 0.1) is 16.3 Å². The van der Waals surface area contributed by atoms with Crippen LogP contribution in [-0.2, 0) is 0 Å². The van der Waals surface area contributed by atoms with Crippen molar-refractivity contribution < 1.29 is 10.0 Å². The van der Waals surface area contributed by atoms with E-state index in [-0.39, 0.29) is 21.9 Å². The van der Waals surface area contributed by atoms with E-state index in [1.807, 2.05) is 0 Å². The average molecular weight is 441 g/mol. The van der Waals surface area contributed by atoms with Crippen LogP contribution < -0.4 is 5.56 Å². The molecule has 3 aromatic rings. The molecule has 0 radical (unpaired) electrons. The first-order chi connectivity index (χ1) is 14.3. The number of benzene rings is 2. The lowest BCUT2D eigenvalue weighted by atomic mass is 10.0. The maximum Gasteiger partial charge on any atom is 0.270 e. The minimum atomic E-state index is -0.595. The van der Waals surface area contributed by atoms with Crippen LogP contribution in [0.25, 0.3) is 17.3 Å². The number of rotatable bonds is 3. The second-order valence-corrected chi connectivity index (χ2v) is 7.35. The van der Waals surface area contributed by atoms with Crippen molar-refractivity contribution in [1.82, 2.24) is 9.55 Å². The topological polar surface area (TPSA) is 114 Å². The van der Waals surface area contributed by atoms with E-state index in [9.17, 15) is 20.0 Å². The quantitative estimate of drug-likeness (QED) is 0.344. The third-order valence-electron chi connectivity index (χ3n) is 4.65. The molecule has 10 heteroatoms. The van der Waals surface area contributed by atoms with Crippen LogP contribution in [0.5, 0.6) is 5.88 Å². The molecule has 2 aromatic carbocycles. The molecule has 1 aliphatic rings. The monoisotopic (exact) mass is 440 g/mol. The summed E-state index contributed by atoms with van der Waals surface area (Å²) >= 11 is 11.1. The molecule has 0 saturated heterocycles. The number of nitro groups is 1. The maximum atomic E-state index is 12.6. The van der Waals surface area contributed by atoms with Gasteiger partial charge in [0.25, 0.3) is 11.2 Å². The van der Waals surface area contributed by atoms with Crippen LogP contribution in [0.3, 0.4) is 0 Å². The van der Waals surface area contributed by atoms with E-state index in [1.54, 1.807) is 37.3 Å². The molecule has 2 N–H and O–H groups in total. The third kappa shape index (κ3) is 3.34. The summed E-state index contributed by atoms with van der Waals surface area (Å²) in [6, 6.07) is 10.9. The Balaban J connectivity index is 1.93. The Hall–Kier alpha value is -3.56. The highest BCUT2D eigenvalue weighted by molar-refractivity contribution is 7.71. The second-order valence-electron chi connectivity index (χ2n) is 6.52. The van der Waals surface area contributed by atoms with E-state index in [0.29, 0.717) is 33.2 Å². The number of halogens is 1. The van der Waals surface area contributed by atoms with E-state index in [1.165, 1.54) is 22.8 Å². The summed E-state index contributed by atoms with van der Waals surface area (Å²) < 4.78 is 1.31. The molecule has 150 valence electrons. The molecular formula is C20H13ClN4O4S. The van der Waals surface area contributed by atoms with Crippen LogP contribution in [0.15, 0.2) is 52.3 Å². The van der Waals surface area contributed by atoms with E-state index in [0.717, 1.165) is 0 Å². The number of H-pyrrole nitrogens is 1. The smallest absolute Gasteiger partial charge is 0.270 e. The number of aromatic hydroxyl groups is 1. The first kappa shape index (κ1) is 19.7. The molecule has 30 heavy (non-hydrogen) atoms. The largest absolute Gasteiger partial charge is 0.494 e. The molecule has 0 unspecified atom stereocenters.